The lowest BCUT2D eigenvalue weighted by Crippen LogP contribution is -2.35. The van der Waals surface area contributed by atoms with Crippen molar-refractivity contribution in [3.05, 3.63) is 168 Å². The largest absolute Gasteiger partial charge is 0.507 e. The van der Waals surface area contributed by atoms with Crippen LogP contribution in [0.1, 0.15) is 131 Å². The van der Waals surface area contributed by atoms with Crippen molar-refractivity contribution in [1.82, 2.24) is 0 Å². The summed E-state index contributed by atoms with van der Waals surface area (Å²) < 4.78 is 12.8. The van der Waals surface area contributed by atoms with Crippen molar-refractivity contribution in [1.29, 1.82) is 0 Å². The molecule has 6 aromatic carbocycles. The number of phenols is 2. The van der Waals surface area contributed by atoms with Crippen LogP contribution < -0.4 is 31.8 Å². The van der Waals surface area contributed by atoms with E-state index >= 15 is 0 Å². The van der Waals surface area contributed by atoms with Crippen molar-refractivity contribution in [2.45, 2.75) is 143 Å². The molecule has 7 rings (SSSR count). The highest BCUT2D eigenvalue weighted by molar-refractivity contribution is 7.88. The molecule has 0 unspecified atom stereocenters. The number of rotatable bonds is 8. The van der Waals surface area contributed by atoms with Crippen LogP contribution in [0.4, 0.5) is 0 Å². The lowest BCUT2D eigenvalue weighted by Gasteiger charge is -2.38. The summed E-state index contributed by atoms with van der Waals surface area (Å²) in [4.78, 5) is 0. The van der Waals surface area contributed by atoms with E-state index in [1.807, 2.05) is 0 Å². The maximum Gasteiger partial charge on any atom is 0.129 e. The average Bonchev–Trinajstić information content (AvgIpc) is 3.25. The van der Waals surface area contributed by atoms with Gasteiger partial charge in [-0.15, -0.1) is 0 Å². The van der Waals surface area contributed by atoms with E-state index in [2.05, 4.69) is 229 Å². The van der Waals surface area contributed by atoms with E-state index < -0.39 is 14.1 Å². The topological polar surface area (TPSA) is 65.2 Å². The van der Waals surface area contributed by atoms with Crippen LogP contribution in [0.15, 0.2) is 155 Å². The van der Waals surface area contributed by atoms with Crippen molar-refractivity contribution in [3.63, 3.8) is 0 Å². The number of hydrogen-bond acceptors (Lipinski definition) is 4. The maximum absolute atomic E-state index is 12.9. The first-order valence-electron chi connectivity index (χ1n) is 23.3. The predicted molar refractivity (Wildman–Crippen MR) is 279 cm³/mol. The van der Waals surface area contributed by atoms with E-state index in [0.717, 1.165) is 68.6 Å². The average molecular weight is 891 g/mol. The fourth-order valence-corrected chi connectivity index (χ4v) is 17.2. The highest BCUT2D eigenvalue weighted by Gasteiger charge is 2.40. The van der Waals surface area contributed by atoms with Gasteiger partial charge in [-0.25, -0.2) is 0 Å². The molecule has 2 N–H and O–H groups in total. The molecule has 1 aliphatic carbocycles. The minimum atomic E-state index is -2.96. The van der Waals surface area contributed by atoms with Gasteiger partial charge in [0.15, 0.2) is 0 Å². The van der Waals surface area contributed by atoms with Gasteiger partial charge in [0.25, 0.3) is 0 Å². The third kappa shape index (κ3) is 9.26. The van der Waals surface area contributed by atoms with Crippen molar-refractivity contribution in [2.24, 2.45) is 9.49 Å². The third-order valence-electron chi connectivity index (χ3n) is 13.1. The minimum absolute atomic E-state index is 0.180. The zero-order chi connectivity index (χ0) is 46.3. The van der Waals surface area contributed by atoms with Gasteiger partial charge in [0, 0.05) is 43.0 Å². The van der Waals surface area contributed by atoms with Gasteiger partial charge in [0.1, 0.15) is 11.5 Å². The van der Waals surface area contributed by atoms with Crippen molar-refractivity contribution < 1.29 is 10.2 Å². The Labute approximate surface area is 385 Å². The van der Waals surface area contributed by atoms with Crippen molar-refractivity contribution in [3.8, 4) is 11.5 Å². The molecule has 0 bridgehead atoms. The molecule has 1 aliphatic rings. The SMILES string of the molecule is CC(C)(C)c1cc(C(C)(C)C)c(O)c(P(=N[C@@H]2CCCC[C@H]2N=P(c2ccccc2)(c2ccccc2)c2cc(C(C)(C)C)cc(C(C)(C)C)c2O)(c2ccccc2)c2ccccc2)c1. The molecule has 64 heavy (non-hydrogen) atoms. The molecule has 0 saturated heterocycles. The molecule has 0 aliphatic heterocycles. The van der Waals surface area contributed by atoms with Gasteiger partial charge in [-0.1, -0.05) is 229 Å². The Kier molecular flexibility index (Phi) is 13.3. The van der Waals surface area contributed by atoms with E-state index in [-0.39, 0.29) is 33.7 Å². The zero-order valence-electron chi connectivity index (χ0n) is 40.5. The van der Waals surface area contributed by atoms with Gasteiger partial charge < -0.3 is 10.2 Å². The van der Waals surface area contributed by atoms with Crippen LogP contribution in [0.3, 0.4) is 0 Å². The van der Waals surface area contributed by atoms with Crippen LogP contribution in [0.25, 0.3) is 0 Å². The van der Waals surface area contributed by atoms with Crippen LogP contribution in [0.2, 0.25) is 0 Å². The lowest BCUT2D eigenvalue weighted by atomic mass is 9.80. The molecule has 336 valence electrons. The van der Waals surface area contributed by atoms with Gasteiger partial charge in [0.05, 0.1) is 26.2 Å². The normalized spacial score (nSPS) is 16.6. The molecule has 0 heterocycles. The van der Waals surface area contributed by atoms with Gasteiger partial charge in [-0.05, 0) is 57.8 Å². The Hall–Kier alpha value is -4.62. The molecule has 0 spiro atoms. The third-order valence-corrected chi connectivity index (χ3v) is 20.6. The first-order valence-corrected chi connectivity index (χ1v) is 26.8. The van der Waals surface area contributed by atoms with Crippen LogP contribution in [0, 0.1) is 0 Å². The van der Waals surface area contributed by atoms with Crippen molar-refractivity contribution in [2.75, 3.05) is 0 Å². The monoisotopic (exact) mass is 891 g/mol. The Morgan fingerprint density at radius 3 is 0.891 bits per heavy atom. The van der Waals surface area contributed by atoms with Crippen LogP contribution in [-0.4, -0.2) is 22.3 Å². The first-order chi connectivity index (χ1) is 30.1. The highest BCUT2D eigenvalue weighted by atomic mass is 31.2. The second kappa shape index (κ2) is 18.0. The first kappa shape index (κ1) is 47.3. The van der Waals surface area contributed by atoms with E-state index in [0.29, 0.717) is 11.5 Å². The molecule has 1 saturated carbocycles. The smallest absolute Gasteiger partial charge is 0.129 e. The summed E-state index contributed by atoms with van der Waals surface area (Å²) in [5, 5.41) is 32.1. The predicted octanol–water partition coefficient (Wildman–Crippen LogP) is 13.3. The lowest BCUT2D eigenvalue weighted by molar-refractivity contribution is 0.393. The van der Waals surface area contributed by atoms with E-state index in [4.69, 9.17) is 9.49 Å². The second-order valence-electron chi connectivity index (χ2n) is 22.0. The summed E-state index contributed by atoms with van der Waals surface area (Å²) in [6.45, 7) is 26.8. The summed E-state index contributed by atoms with van der Waals surface area (Å²) in [5.74, 6) is 0.673. The van der Waals surface area contributed by atoms with Crippen LogP contribution >= 0.6 is 14.1 Å². The van der Waals surface area contributed by atoms with Gasteiger partial charge in [0.2, 0.25) is 0 Å². The number of hydrogen-bond donors (Lipinski definition) is 2. The summed E-state index contributed by atoms with van der Waals surface area (Å²) in [5.41, 5.74) is 3.24. The Bertz CT molecular complexity index is 2400. The van der Waals surface area contributed by atoms with E-state index in [1.54, 1.807) is 0 Å². The number of benzene rings is 6. The standard InChI is InChI=1S/C58H72N2O2P2/c1-55(2,3)41-37-47(57(7,8)9)53(61)51(39-41)63(43-27-17-13-18-28-43,44-29-19-14-20-30-44)59-49-35-25-26-36-50(49)60-64(45-31-21-15-22-32-45,46-33-23-16-24-34-46)52-40-42(56(4,5)6)38-48(54(52)62)58(10,11)12/h13-24,27-34,37-40,49-50,61-62H,25-26,35-36H2,1-12H3/t49-,50-/m1/s1. The number of aromatic hydroxyl groups is 2. The minimum Gasteiger partial charge on any atom is -0.507 e. The quantitative estimate of drug-likeness (QED) is 0.150. The molecule has 0 aromatic heterocycles. The Morgan fingerprint density at radius 2 is 0.656 bits per heavy atom. The Morgan fingerprint density at radius 1 is 0.391 bits per heavy atom. The highest BCUT2D eigenvalue weighted by Crippen LogP contribution is 2.56. The maximum atomic E-state index is 12.9. The van der Waals surface area contributed by atoms with Crippen LogP contribution in [-0.2, 0) is 21.7 Å². The summed E-state index contributed by atoms with van der Waals surface area (Å²) in [6, 6.07) is 51.8. The fourth-order valence-electron chi connectivity index (χ4n) is 9.37. The van der Waals surface area contributed by atoms with Gasteiger partial charge >= 0.3 is 0 Å². The molecular weight excluding hydrogens is 819 g/mol. The molecule has 2 atom stereocenters. The number of nitrogens with zero attached hydrogens (tertiary/aromatic N) is 2. The molecule has 0 radical (unpaired) electrons. The summed E-state index contributed by atoms with van der Waals surface area (Å²) >= 11 is 0. The van der Waals surface area contributed by atoms with Gasteiger partial charge in [-0.2, -0.15) is 0 Å². The fraction of sp³-hybridized carbons (Fsp3) is 0.379. The summed E-state index contributed by atoms with van der Waals surface area (Å²) in [7, 11) is -5.92. The zero-order valence-corrected chi connectivity index (χ0v) is 42.3. The summed E-state index contributed by atoms with van der Waals surface area (Å²) in [6.07, 6.45) is 3.80. The van der Waals surface area contributed by atoms with Gasteiger partial charge in [-0.3, -0.25) is 9.49 Å². The number of phenolic OH excluding ortho intramolecular Hbond substituents is 2. The van der Waals surface area contributed by atoms with Crippen molar-refractivity contribution >= 4 is 45.9 Å². The molecule has 0 amide bonds. The van der Waals surface area contributed by atoms with E-state index in [1.165, 1.54) is 11.1 Å². The molecule has 6 heteroatoms. The second-order valence-corrected chi connectivity index (χ2v) is 28.1. The molecular formula is C58H72N2O2P2. The molecule has 6 aromatic rings. The Balaban J connectivity index is 1.68. The van der Waals surface area contributed by atoms with E-state index in [9.17, 15) is 10.2 Å². The molecule has 4 nitrogen and oxygen atoms in total. The van der Waals surface area contributed by atoms with Crippen LogP contribution in [0.5, 0.6) is 11.5 Å². The molecule has 1 fully saturated rings.